The Morgan fingerprint density at radius 3 is 2.29 bits per heavy atom. The summed E-state index contributed by atoms with van der Waals surface area (Å²) in [5.74, 6) is 2.76. The van der Waals surface area contributed by atoms with Gasteiger partial charge in [-0.2, -0.15) is 11.8 Å². The first-order valence-corrected chi connectivity index (χ1v) is 9.51. The van der Waals surface area contributed by atoms with Crippen LogP contribution < -0.4 is 5.32 Å². The fourth-order valence-electron chi connectivity index (χ4n) is 1.38. The van der Waals surface area contributed by atoms with Crippen molar-refractivity contribution in [2.24, 2.45) is 5.92 Å². The van der Waals surface area contributed by atoms with Crippen LogP contribution in [0.25, 0.3) is 0 Å². The Morgan fingerprint density at radius 1 is 1.12 bits per heavy atom. The van der Waals surface area contributed by atoms with Gasteiger partial charge in [-0.1, -0.05) is 13.8 Å². The summed E-state index contributed by atoms with van der Waals surface area (Å²) in [4.78, 5) is 0. The SMILES string of the molecule is CC(C)CCC(C)NCCSCCS(C)(=O)=O. The average molecular weight is 281 g/mol. The lowest BCUT2D eigenvalue weighted by Gasteiger charge is -2.14. The van der Waals surface area contributed by atoms with Gasteiger partial charge in [0.15, 0.2) is 0 Å². The molecule has 1 N–H and O–H groups in total. The van der Waals surface area contributed by atoms with Crippen molar-refractivity contribution in [3.05, 3.63) is 0 Å². The Bertz CT molecular complexity index is 276. The highest BCUT2D eigenvalue weighted by atomic mass is 32.2. The van der Waals surface area contributed by atoms with E-state index in [9.17, 15) is 8.42 Å². The van der Waals surface area contributed by atoms with Gasteiger partial charge in [-0.3, -0.25) is 0 Å². The molecule has 5 heteroatoms. The van der Waals surface area contributed by atoms with Crippen molar-refractivity contribution in [1.29, 1.82) is 0 Å². The minimum Gasteiger partial charge on any atom is -0.313 e. The maximum Gasteiger partial charge on any atom is 0.148 e. The van der Waals surface area contributed by atoms with E-state index in [0.717, 1.165) is 18.2 Å². The van der Waals surface area contributed by atoms with Gasteiger partial charge in [0.05, 0.1) is 5.75 Å². The minimum absolute atomic E-state index is 0.292. The molecule has 0 aromatic rings. The molecule has 0 heterocycles. The first-order valence-electron chi connectivity index (χ1n) is 6.30. The third kappa shape index (κ3) is 14.2. The van der Waals surface area contributed by atoms with Crippen molar-refractivity contribution in [1.82, 2.24) is 5.32 Å². The number of sulfone groups is 1. The topological polar surface area (TPSA) is 46.2 Å². The second-order valence-electron chi connectivity index (χ2n) is 5.07. The zero-order valence-electron chi connectivity index (χ0n) is 11.5. The summed E-state index contributed by atoms with van der Waals surface area (Å²) < 4.78 is 21.8. The number of hydrogen-bond donors (Lipinski definition) is 1. The van der Waals surface area contributed by atoms with Crippen LogP contribution in [-0.4, -0.2) is 44.5 Å². The third-order valence-electron chi connectivity index (χ3n) is 2.51. The number of rotatable bonds is 10. The van der Waals surface area contributed by atoms with Crippen molar-refractivity contribution in [3.8, 4) is 0 Å². The van der Waals surface area contributed by atoms with E-state index in [1.807, 2.05) is 0 Å². The normalized spacial score (nSPS) is 14.2. The summed E-state index contributed by atoms with van der Waals surface area (Å²) in [6.45, 7) is 7.67. The Hall–Kier alpha value is 0.260. The van der Waals surface area contributed by atoms with Crippen LogP contribution in [0.3, 0.4) is 0 Å². The molecule has 0 amide bonds. The van der Waals surface area contributed by atoms with Gasteiger partial charge in [-0.05, 0) is 25.7 Å². The molecule has 0 aliphatic rings. The largest absolute Gasteiger partial charge is 0.313 e. The van der Waals surface area contributed by atoms with Gasteiger partial charge in [-0.15, -0.1) is 0 Å². The van der Waals surface area contributed by atoms with E-state index in [0.29, 0.717) is 17.5 Å². The van der Waals surface area contributed by atoms with E-state index in [-0.39, 0.29) is 0 Å². The Labute approximate surface area is 111 Å². The zero-order chi connectivity index (χ0) is 13.3. The Balaban J connectivity index is 3.33. The molecule has 0 bridgehead atoms. The monoisotopic (exact) mass is 281 g/mol. The predicted molar refractivity (Wildman–Crippen MR) is 78.6 cm³/mol. The van der Waals surface area contributed by atoms with Gasteiger partial charge in [0.25, 0.3) is 0 Å². The number of hydrogen-bond acceptors (Lipinski definition) is 4. The maximum absolute atomic E-state index is 10.9. The predicted octanol–water partition coefficient (Wildman–Crippen LogP) is 2.18. The van der Waals surface area contributed by atoms with Gasteiger partial charge < -0.3 is 5.32 Å². The van der Waals surface area contributed by atoms with E-state index in [4.69, 9.17) is 0 Å². The molecule has 3 nitrogen and oxygen atoms in total. The second-order valence-corrected chi connectivity index (χ2v) is 8.55. The van der Waals surface area contributed by atoms with Crippen LogP contribution in [0, 0.1) is 5.92 Å². The van der Waals surface area contributed by atoms with Crippen LogP contribution in [0.15, 0.2) is 0 Å². The maximum atomic E-state index is 10.9. The highest BCUT2D eigenvalue weighted by Gasteiger charge is 2.03. The Kier molecular flexibility index (Phi) is 9.37. The summed E-state index contributed by atoms with van der Waals surface area (Å²) in [7, 11) is -2.79. The van der Waals surface area contributed by atoms with Crippen LogP contribution in [0.5, 0.6) is 0 Å². The smallest absolute Gasteiger partial charge is 0.148 e. The lowest BCUT2D eigenvalue weighted by atomic mass is 10.0. The lowest BCUT2D eigenvalue weighted by molar-refractivity contribution is 0.460. The molecule has 0 radical (unpaired) electrons. The summed E-state index contributed by atoms with van der Waals surface area (Å²) in [5, 5.41) is 3.47. The summed E-state index contributed by atoms with van der Waals surface area (Å²) in [5.41, 5.74) is 0. The van der Waals surface area contributed by atoms with Crippen molar-refractivity contribution >= 4 is 21.6 Å². The first-order chi connectivity index (χ1) is 7.81. The molecule has 0 saturated heterocycles. The van der Waals surface area contributed by atoms with Crippen molar-refractivity contribution in [2.45, 2.75) is 39.7 Å². The molecule has 0 saturated carbocycles. The van der Waals surface area contributed by atoms with Gasteiger partial charge in [0.1, 0.15) is 9.84 Å². The molecule has 1 unspecified atom stereocenters. The van der Waals surface area contributed by atoms with Crippen molar-refractivity contribution in [2.75, 3.05) is 30.1 Å². The van der Waals surface area contributed by atoms with Crippen LogP contribution >= 0.6 is 11.8 Å². The zero-order valence-corrected chi connectivity index (χ0v) is 13.2. The van der Waals surface area contributed by atoms with Crippen LogP contribution in [0.2, 0.25) is 0 Å². The van der Waals surface area contributed by atoms with Crippen LogP contribution in [0.1, 0.15) is 33.6 Å². The molecule has 0 aliphatic heterocycles. The summed E-state index contributed by atoms with van der Waals surface area (Å²) in [6.07, 6.45) is 3.76. The highest BCUT2D eigenvalue weighted by Crippen LogP contribution is 2.06. The molecule has 1 atom stereocenters. The van der Waals surface area contributed by atoms with Crippen molar-refractivity contribution in [3.63, 3.8) is 0 Å². The fourth-order valence-corrected chi connectivity index (χ4v) is 3.52. The van der Waals surface area contributed by atoms with E-state index in [1.54, 1.807) is 11.8 Å². The molecular formula is C12H27NO2S2. The quantitative estimate of drug-likeness (QED) is 0.624. The lowest BCUT2D eigenvalue weighted by Crippen LogP contribution is -2.28. The molecular weight excluding hydrogens is 254 g/mol. The first kappa shape index (κ1) is 17.3. The highest BCUT2D eigenvalue weighted by molar-refractivity contribution is 8.00. The summed E-state index contributed by atoms with van der Waals surface area (Å²) in [6, 6.07) is 0.563. The molecule has 0 aromatic carbocycles. The van der Waals surface area contributed by atoms with E-state index >= 15 is 0 Å². The third-order valence-corrected chi connectivity index (χ3v) is 4.70. The van der Waals surface area contributed by atoms with Crippen LogP contribution in [-0.2, 0) is 9.84 Å². The van der Waals surface area contributed by atoms with Crippen molar-refractivity contribution < 1.29 is 8.42 Å². The molecule has 0 fully saturated rings. The second kappa shape index (κ2) is 9.22. The molecule has 104 valence electrons. The Morgan fingerprint density at radius 2 is 1.76 bits per heavy atom. The number of thioether (sulfide) groups is 1. The molecule has 0 rings (SSSR count). The molecule has 0 aliphatic carbocycles. The van der Waals surface area contributed by atoms with E-state index in [1.165, 1.54) is 19.1 Å². The summed E-state index contributed by atoms with van der Waals surface area (Å²) >= 11 is 1.70. The standard InChI is InChI=1S/C12H27NO2S2/c1-11(2)5-6-12(3)13-7-8-16-9-10-17(4,14)15/h11-13H,5-10H2,1-4H3. The number of nitrogens with one attached hydrogen (secondary N) is 1. The van der Waals surface area contributed by atoms with Gasteiger partial charge >= 0.3 is 0 Å². The van der Waals surface area contributed by atoms with Crippen LogP contribution in [0.4, 0.5) is 0 Å². The average Bonchev–Trinajstić information content (AvgIpc) is 2.18. The van der Waals surface area contributed by atoms with E-state index < -0.39 is 9.84 Å². The molecule has 0 aromatic heterocycles. The molecule has 0 spiro atoms. The van der Waals surface area contributed by atoms with E-state index in [2.05, 4.69) is 26.1 Å². The van der Waals surface area contributed by atoms with Gasteiger partial charge in [0, 0.05) is 30.3 Å². The minimum atomic E-state index is -2.79. The molecule has 17 heavy (non-hydrogen) atoms. The van der Waals surface area contributed by atoms with Gasteiger partial charge in [-0.25, -0.2) is 8.42 Å². The van der Waals surface area contributed by atoms with Gasteiger partial charge in [0.2, 0.25) is 0 Å². The fraction of sp³-hybridized carbons (Fsp3) is 1.00.